The number of carbonyl (C=O) groups excluding carboxylic acids is 4. The minimum absolute atomic E-state index is 0.0735. The maximum absolute atomic E-state index is 13.5. The van der Waals surface area contributed by atoms with Crippen molar-refractivity contribution >= 4 is 23.6 Å². The molecule has 2 aliphatic heterocycles. The minimum atomic E-state index is -1.30. The van der Waals surface area contributed by atoms with Gasteiger partial charge in [0, 0.05) is 26.2 Å². The standard InChI is InChI=1S/C36H43N5O6/c1-36(2)35(45)38-28(20-25-8-4-3-5-9-25)24-47-31-11-7-6-10-29(31)33(43)39-30(21-32(42)40-36)34(44)37-22-26-12-14-27(15-13-26)23-41-16-18-46-19-17-41/h3-15,28,30H,16-24H2,1-2H3,(H,37,44)(H,38,45)(H,39,43)(H,40,42)/t28-,30+/m1/s1. The van der Waals surface area contributed by atoms with Crippen molar-refractivity contribution in [1.29, 1.82) is 0 Å². The number of carbonyl (C=O) groups is 4. The third-order valence-electron chi connectivity index (χ3n) is 8.26. The summed E-state index contributed by atoms with van der Waals surface area (Å²) in [5, 5.41) is 11.3. The highest BCUT2D eigenvalue weighted by Crippen LogP contribution is 2.20. The summed E-state index contributed by atoms with van der Waals surface area (Å²) in [6.07, 6.45) is 0.104. The van der Waals surface area contributed by atoms with Crippen LogP contribution in [-0.4, -0.2) is 79.1 Å². The van der Waals surface area contributed by atoms with Gasteiger partial charge < -0.3 is 30.7 Å². The van der Waals surface area contributed by atoms with Gasteiger partial charge in [0.25, 0.3) is 5.91 Å². The van der Waals surface area contributed by atoms with Crippen LogP contribution in [0.2, 0.25) is 0 Å². The van der Waals surface area contributed by atoms with Crippen LogP contribution in [0.25, 0.3) is 0 Å². The lowest BCUT2D eigenvalue weighted by Gasteiger charge is -2.30. The molecule has 248 valence electrons. The monoisotopic (exact) mass is 641 g/mol. The topological polar surface area (TPSA) is 138 Å². The zero-order chi connectivity index (χ0) is 33.2. The fourth-order valence-corrected chi connectivity index (χ4v) is 5.57. The Labute approximate surface area is 275 Å². The van der Waals surface area contributed by atoms with Crippen LogP contribution in [0.1, 0.15) is 47.3 Å². The molecular formula is C36H43N5O6. The van der Waals surface area contributed by atoms with Gasteiger partial charge in [0.1, 0.15) is 23.9 Å². The molecule has 1 fully saturated rings. The van der Waals surface area contributed by atoms with Gasteiger partial charge >= 0.3 is 0 Å². The van der Waals surface area contributed by atoms with E-state index in [2.05, 4.69) is 26.2 Å². The van der Waals surface area contributed by atoms with E-state index in [0.717, 1.165) is 49.5 Å². The van der Waals surface area contributed by atoms with E-state index in [1.54, 1.807) is 38.1 Å². The second kappa shape index (κ2) is 15.7. The molecule has 11 heteroatoms. The Morgan fingerprint density at radius 1 is 0.872 bits per heavy atom. The van der Waals surface area contributed by atoms with Gasteiger partial charge in [0.05, 0.1) is 31.2 Å². The summed E-state index contributed by atoms with van der Waals surface area (Å²) in [4.78, 5) is 56.0. The lowest BCUT2D eigenvalue weighted by atomic mass is 10.0. The molecule has 0 unspecified atom stereocenters. The first-order valence-electron chi connectivity index (χ1n) is 16.0. The molecule has 5 rings (SSSR count). The zero-order valence-electron chi connectivity index (χ0n) is 26.9. The number of rotatable bonds is 7. The third-order valence-corrected chi connectivity index (χ3v) is 8.26. The van der Waals surface area contributed by atoms with Crippen molar-refractivity contribution in [2.75, 3.05) is 32.9 Å². The van der Waals surface area contributed by atoms with Gasteiger partial charge in [-0.3, -0.25) is 24.1 Å². The fourth-order valence-electron chi connectivity index (χ4n) is 5.57. The average Bonchev–Trinajstić information content (AvgIpc) is 3.07. The smallest absolute Gasteiger partial charge is 0.255 e. The molecule has 4 amide bonds. The average molecular weight is 642 g/mol. The highest BCUT2D eigenvalue weighted by Gasteiger charge is 2.34. The van der Waals surface area contributed by atoms with Crippen molar-refractivity contribution in [3.63, 3.8) is 0 Å². The molecule has 1 saturated heterocycles. The van der Waals surface area contributed by atoms with E-state index in [0.29, 0.717) is 12.2 Å². The number of ether oxygens (including phenoxy) is 2. The second-order valence-corrected chi connectivity index (χ2v) is 12.5. The van der Waals surface area contributed by atoms with E-state index in [1.165, 1.54) is 0 Å². The molecule has 0 bridgehead atoms. The van der Waals surface area contributed by atoms with E-state index < -0.39 is 41.3 Å². The quantitative estimate of drug-likeness (QED) is 0.311. The minimum Gasteiger partial charge on any atom is -0.491 e. The van der Waals surface area contributed by atoms with Crippen molar-refractivity contribution in [1.82, 2.24) is 26.2 Å². The molecule has 0 saturated carbocycles. The van der Waals surface area contributed by atoms with Crippen LogP contribution in [0.3, 0.4) is 0 Å². The zero-order valence-corrected chi connectivity index (χ0v) is 26.9. The first kappa shape index (κ1) is 33.6. The van der Waals surface area contributed by atoms with Gasteiger partial charge in [0.15, 0.2) is 0 Å². The first-order valence-corrected chi connectivity index (χ1v) is 16.0. The van der Waals surface area contributed by atoms with Crippen molar-refractivity contribution in [2.45, 2.75) is 57.4 Å². The maximum Gasteiger partial charge on any atom is 0.255 e. The van der Waals surface area contributed by atoms with Crippen LogP contribution in [0.15, 0.2) is 78.9 Å². The molecule has 11 nitrogen and oxygen atoms in total. The molecule has 0 radical (unpaired) electrons. The molecule has 3 aromatic rings. The number of hydrogen-bond donors (Lipinski definition) is 4. The number of benzene rings is 3. The molecule has 3 aromatic carbocycles. The Morgan fingerprint density at radius 3 is 2.30 bits per heavy atom. The van der Waals surface area contributed by atoms with Crippen LogP contribution in [0, 0.1) is 0 Å². The number of para-hydroxylation sites is 1. The van der Waals surface area contributed by atoms with Crippen LogP contribution in [0.4, 0.5) is 0 Å². The van der Waals surface area contributed by atoms with E-state index in [9.17, 15) is 19.2 Å². The van der Waals surface area contributed by atoms with Gasteiger partial charge in [-0.25, -0.2) is 0 Å². The Balaban J connectivity index is 1.30. The molecule has 0 aliphatic carbocycles. The lowest BCUT2D eigenvalue weighted by Crippen LogP contribution is -2.59. The lowest BCUT2D eigenvalue weighted by molar-refractivity contribution is -0.134. The SMILES string of the molecule is CC1(C)NC(=O)C[C@@H](C(=O)NCc2ccc(CN3CCOCC3)cc2)NC(=O)c2ccccc2OC[C@@H](Cc2ccccc2)NC1=O. The molecule has 0 aromatic heterocycles. The number of morpholine rings is 1. The van der Waals surface area contributed by atoms with Gasteiger partial charge in [0.2, 0.25) is 17.7 Å². The van der Waals surface area contributed by atoms with Crippen LogP contribution >= 0.6 is 0 Å². The molecule has 47 heavy (non-hydrogen) atoms. The van der Waals surface area contributed by atoms with Crippen molar-refractivity contribution in [3.8, 4) is 5.75 Å². The van der Waals surface area contributed by atoms with Crippen molar-refractivity contribution < 1.29 is 28.7 Å². The summed E-state index contributed by atoms with van der Waals surface area (Å²) in [6.45, 7) is 7.56. The molecule has 0 spiro atoms. The first-order chi connectivity index (χ1) is 22.7. The summed E-state index contributed by atoms with van der Waals surface area (Å²) in [7, 11) is 0. The van der Waals surface area contributed by atoms with E-state index in [4.69, 9.17) is 9.47 Å². The normalized spacial score (nSPS) is 20.8. The van der Waals surface area contributed by atoms with Crippen LogP contribution in [-0.2, 0) is 38.6 Å². The van der Waals surface area contributed by atoms with E-state index in [1.807, 2.05) is 54.6 Å². The van der Waals surface area contributed by atoms with Gasteiger partial charge in [-0.2, -0.15) is 0 Å². The summed E-state index contributed by atoms with van der Waals surface area (Å²) in [5.41, 5.74) is 1.94. The Kier molecular flexibility index (Phi) is 11.2. The highest BCUT2D eigenvalue weighted by atomic mass is 16.5. The van der Waals surface area contributed by atoms with E-state index >= 15 is 0 Å². The van der Waals surface area contributed by atoms with Crippen molar-refractivity contribution in [2.24, 2.45) is 0 Å². The van der Waals surface area contributed by atoms with Crippen LogP contribution < -0.4 is 26.0 Å². The molecule has 2 aliphatic rings. The Morgan fingerprint density at radius 2 is 1.55 bits per heavy atom. The highest BCUT2D eigenvalue weighted by molar-refractivity contribution is 6.01. The maximum atomic E-state index is 13.5. The number of amides is 4. The number of nitrogens with zero attached hydrogens (tertiary/aromatic N) is 1. The second-order valence-electron chi connectivity index (χ2n) is 12.5. The summed E-state index contributed by atoms with van der Waals surface area (Å²) in [5.74, 6) is -1.74. The van der Waals surface area contributed by atoms with Gasteiger partial charge in [-0.05, 0) is 49.1 Å². The molecule has 4 N–H and O–H groups in total. The number of nitrogens with one attached hydrogen (secondary N) is 4. The molecule has 2 atom stereocenters. The Hall–Kier alpha value is -4.74. The predicted molar refractivity (Wildman–Crippen MR) is 176 cm³/mol. The Bertz CT molecular complexity index is 1540. The van der Waals surface area contributed by atoms with E-state index in [-0.39, 0.29) is 25.1 Å². The summed E-state index contributed by atoms with van der Waals surface area (Å²) < 4.78 is 11.5. The predicted octanol–water partition coefficient (Wildman–Crippen LogP) is 2.34. The third kappa shape index (κ3) is 9.63. The van der Waals surface area contributed by atoms with Gasteiger partial charge in [-0.15, -0.1) is 0 Å². The summed E-state index contributed by atoms with van der Waals surface area (Å²) in [6, 6.07) is 22.7. The molecular weight excluding hydrogens is 598 g/mol. The summed E-state index contributed by atoms with van der Waals surface area (Å²) >= 11 is 0. The largest absolute Gasteiger partial charge is 0.491 e. The van der Waals surface area contributed by atoms with Crippen molar-refractivity contribution in [3.05, 3.63) is 101 Å². The van der Waals surface area contributed by atoms with Crippen LogP contribution in [0.5, 0.6) is 5.75 Å². The molecule has 2 heterocycles. The van der Waals surface area contributed by atoms with Gasteiger partial charge in [-0.1, -0.05) is 66.7 Å². The fraction of sp³-hybridized carbons (Fsp3) is 0.389. The number of fused-ring (bicyclic) bond motifs is 1. The number of hydrogen-bond acceptors (Lipinski definition) is 7.